The number of fused-ring (bicyclic) bond motifs is 1. The van der Waals surface area contributed by atoms with E-state index in [0.717, 1.165) is 36.7 Å². The van der Waals surface area contributed by atoms with E-state index >= 15 is 0 Å². The third kappa shape index (κ3) is 3.28. The zero-order valence-electron chi connectivity index (χ0n) is 15.8. The minimum atomic E-state index is -0.352. The lowest BCUT2D eigenvalue weighted by atomic mass is 10.1. The van der Waals surface area contributed by atoms with E-state index in [0.29, 0.717) is 17.5 Å². The van der Waals surface area contributed by atoms with E-state index in [4.69, 9.17) is 14.1 Å². The topological polar surface area (TPSA) is 60.5 Å². The quantitative estimate of drug-likeness (QED) is 0.658. The Balaban J connectivity index is 1.53. The number of carbonyl (C=O) groups excluding carboxylic acids is 1. The van der Waals surface area contributed by atoms with Gasteiger partial charge in [-0.2, -0.15) is 0 Å². The molecule has 0 saturated heterocycles. The SMILES string of the molecule is COC(=O)c1ccc(-c2nc(CN3CCn4cccc4C3C)c(C)o2)cc1. The first kappa shape index (κ1) is 17.5. The molecule has 0 N–H and O–H groups in total. The minimum Gasteiger partial charge on any atom is -0.465 e. The third-order valence-electron chi connectivity index (χ3n) is 5.27. The van der Waals surface area contributed by atoms with Gasteiger partial charge in [-0.15, -0.1) is 0 Å². The Hall–Kier alpha value is -2.86. The van der Waals surface area contributed by atoms with Gasteiger partial charge in [0.1, 0.15) is 5.76 Å². The van der Waals surface area contributed by atoms with E-state index in [1.807, 2.05) is 19.1 Å². The summed E-state index contributed by atoms with van der Waals surface area (Å²) in [6, 6.07) is 11.7. The van der Waals surface area contributed by atoms with Crippen LogP contribution in [0.4, 0.5) is 0 Å². The van der Waals surface area contributed by atoms with Gasteiger partial charge in [0, 0.05) is 43.1 Å². The van der Waals surface area contributed by atoms with E-state index in [1.54, 1.807) is 12.1 Å². The van der Waals surface area contributed by atoms with E-state index in [-0.39, 0.29) is 5.97 Å². The predicted octanol–water partition coefficient (Wildman–Crippen LogP) is 3.81. The Labute approximate surface area is 158 Å². The van der Waals surface area contributed by atoms with Crippen molar-refractivity contribution in [2.24, 2.45) is 0 Å². The molecule has 6 heteroatoms. The number of methoxy groups -OCH3 is 1. The smallest absolute Gasteiger partial charge is 0.337 e. The van der Waals surface area contributed by atoms with Gasteiger partial charge in [-0.1, -0.05) is 0 Å². The van der Waals surface area contributed by atoms with Crippen LogP contribution in [0.25, 0.3) is 11.5 Å². The second kappa shape index (κ2) is 7.04. The van der Waals surface area contributed by atoms with Crippen LogP contribution in [0.3, 0.4) is 0 Å². The standard InChI is InChI=1S/C21H23N3O3/c1-14-19-5-4-10-23(19)11-12-24(14)13-18-15(2)27-20(22-18)16-6-8-17(9-7-16)21(25)26-3/h4-10,14H,11-13H2,1-3H3. The average molecular weight is 365 g/mol. The molecule has 140 valence electrons. The number of hydrogen-bond acceptors (Lipinski definition) is 5. The molecule has 1 aliphatic heterocycles. The van der Waals surface area contributed by atoms with Crippen LogP contribution in [0, 0.1) is 6.92 Å². The molecule has 1 aromatic carbocycles. The van der Waals surface area contributed by atoms with Gasteiger partial charge >= 0.3 is 5.97 Å². The van der Waals surface area contributed by atoms with Crippen molar-refractivity contribution >= 4 is 5.97 Å². The molecule has 0 amide bonds. The van der Waals surface area contributed by atoms with Gasteiger partial charge in [0.25, 0.3) is 0 Å². The second-order valence-electron chi connectivity index (χ2n) is 6.86. The summed E-state index contributed by atoms with van der Waals surface area (Å²) in [5.41, 5.74) is 3.64. The van der Waals surface area contributed by atoms with Crippen molar-refractivity contribution in [2.45, 2.75) is 33.0 Å². The lowest BCUT2D eigenvalue weighted by Crippen LogP contribution is -2.36. The maximum Gasteiger partial charge on any atom is 0.337 e. The van der Waals surface area contributed by atoms with Crippen LogP contribution in [0.1, 0.15) is 40.5 Å². The van der Waals surface area contributed by atoms with Gasteiger partial charge in [0.2, 0.25) is 5.89 Å². The highest BCUT2D eigenvalue weighted by Gasteiger charge is 2.25. The Morgan fingerprint density at radius 3 is 2.78 bits per heavy atom. The summed E-state index contributed by atoms with van der Waals surface area (Å²) in [5.74, 6) is 1.05. The molecular formula is C21H23N3O3. The molecule has 1 atom stereocenters. The monoisotopic (exact) mass is 365 g/mol. The summed E-state index contributed by atoms with van der Waals surface area (Å²) >= 11 is 0. The molecule has 2 aromatic heterocycles. The first-order valence-electron chi connectivity index (χ1n) is 9.11. The van der Waals surface area contributed by atoms with E-state index in [9.17, 15) is 4.79 Å². The maximum atomic E-state index is 11.6. The summed E-state index contributed by atoms with van der Waals surface area (Å²) in [4.78, 5) is 18.7. The van der Waals surface area contributed by atoms with Crippen LogP contribution < -0.4 is 0 Å². The van der Waals surface area contributed by atoms with Gasteiger partial charge in [0.05, 0.1) is 18.4 Å². The molecule has 3 aromatic rings. The highest BCUT2D eigenvalue weighted by molar-refractivity contribution is 5.89. The summed E-state index contributed by atoms with van der Waals surface area (Å²) in [6.07, 6.45) is 2.14. The lowest BCUT2D eigenvalue weighted by Gasteiger charge is -2.34. The number of esters is 1. The highest BCUT2D eigenvalue weighted by atomic mass is 16.5. The molecule has 0 saturated carbocycles. The van der Waals surface area contributed by atoms with Gasteiger partial charge in [-0.25, -0.2) is 9.78 Å². The molecular weight excluding hydrogens is 342 g/mol. The molecule has 0 bridgehead atoms. The van der Waals surface area contributed by atoms with Crippen LogP contribution in [0.5, 0.6) is 0 Å². The number of aryl methyl sites for hydroxylation is 1. The molecule has 0 aliphatic carbocycles. The molecule has 6 nitrogen and oxygen atoms in total. The number of rotatable bonds is 4. The number of benzene rings is 1. The molecule has 4 rings (SSSR count). The van der Waals surface area contributed by atoms with Crippen molar-refractivity contribution in [1.29, 1.82) is 0 Å². The second-order valence-corrected chi connectivity index (χ2v) is 6.86. The van der Waals surface area contributed by atoms with Crippen molar-refractivity contribution in [3.8, 4) is 11.5 Å². The molecule has 1 unspecified atom stereocenters. The number of carbonyl (C=O) groups is 1. The van der Waals surface area contributed by atoms with E-state index in [2.05, 4.69) is 34.7 Å². The lowest BCUT2D eigenvalue weighted by molar-refractivity contribution is 0.0600. The van der Waals surface area contributed by atoms with E-state index in [1.165, 1.54) is 12.8 Å². The molecule has 1 aliphatic rings. The number of hydrogen-bond donors (Lipinski definition) is 0. The number of oxazole rings is 1. The van der Waals surface area contributed by atoms with Crippen molar-refractivity contribution in [2.75, 3.05) is 13.7 Å². The number of nitrogens with zero attached hydrogens (tertiary/aromatic N) is 3. The summed E-state index contributed by atoms with van der Waals surface area (Å²) < 4.78 is 12.9. The fraction of sp³-hybridized carbons (Fsp3) is 0.333. The zero-order valence-corrected chi connectivity index (χ0v) is 15.8. The average Bonchev–Trinajstić information content (AvgIpc) is 3.31. The van der Waals surface area contributed by atoms with E-state index < -0.39 is 0 Å². The largest absolute Gasteiger partial charge is 0.465 e. The summed E-state index contributed by atoms with van der Waals surface area (Å²) in [7, 11) is 1.37. The first-order chi connectivity index (χ1) is 13.1. The Morgan fingerprint density at radius 1 is 1.26 bits per heavy atom. The fourth-order valence-corrected chi connectivity index (χ4v) is 3.60. The maximum absolute atomic E-state index is 11.6. The molecule has 0 spiro atoms. The van der Waals surface area contributed by atoms with Crippen LogP contribution >= 0.6 is 0 Å². The Morgan fingerprint density at radius 2 is 2.04 bits per heavy atom. The Kier molecular flexibility index (Phi) is 4.58. The normalized spacial score (nSPS) is 16.9. The summed E-state index contributed by atoms with van der Waals surface area (Å²) in [6.45, 7) is 6.91. The van der Waals surface area contributed by atoms with Gasteiger partial charge in [0.15, 0.2) is 0 Å². The fourth-order valence-electron chi connectivity index (χ4n) is 3.60. The van der Waals surface area contributed by atoms with Gasteiger partial charge in [-0.3, -0.25) is 4.90 Å². The summed E-state index contributed by atoms with van der Waals surface area (Å²) in [5, 5.41) is 0. The zero-order chi connectivity index (χ0) is 19.0. The van der Waals surface area contributed by atoms with Crippen molar-refractivity contribution in [1.82, 2.24) is 14.5 Å². The highest BCUT2D eigenvalue weighted by Crippen LogP contribution is 2.29. The molecule has 27 heavy (non-hydrogen) atoms. The van der Waals surface area contributed by atoms with Crippen LogP contribution in [0.2, 0.25) is 0 Å². The molecule has 3 heterocycles. The number of aromatic nitrogens is 2. The first-order valence-corrected chi connectivity index (χ1v) is 9.11. The minimum absolute atomic E-state index is 0.340. The van der Waals surface area contributed by atoms with Crippen molar-refractivity contribution < 1.29 is 13.9 Å². The van der Waals surface area contributed by atoms with Crippen LogP contribution in [0.15, 0.2) is 47.0 Å². The molecule has 0 radical (unpaired) electrons. The number of ether oxygens (including phenoxy) is 1. The van der Waals surface area contributed by atoms with Gasteiger partial charge < -0.3 is 13.7 Å². The molecule has 0 fully saturated rings. The third-order valence-corrected chi connectivity index (χ3v) is 5.27. The predicted molar refractivity (Wildman–Crippen MR) is 101 cm³/mol. The van der Waals surface area contributed by atoms with Crippen molar-refractivity contribution in [3.05, 3.63) is 65.3 Å². The van der Waals surface area contributed by atoms with Crippen LogP contribution in [-0.2, 0) is 17.8 Å². The Bertz CT molecular complexity index is 955. The van der Waals surface area contributed by atoms with Gasteiger partial charge in [-0.05, 0) is 50.2 Å². The van der Waals surface area contributed by atoms with Crippen molar-refractivity contribution in [3.63, 3.8) is 0 Å². The van der Waals surface area contributed by atoms with Crippen LogP contribution in [-0.4, -0.2) is 34.1 Å².